The molecule has 1 atom stereocenters. The van der Waals surface area contributed by atoms with Crippen LogP contribution in [0.3, 0.4) is 0 Å². The molecule has 0 N–H and O–H groups in total. The van der Waals surface area contributed by atoms with Crippen LogP contribution in [-0.2, 0) is 16.1 Å². The summed E-state index contributed by atoms with van der Waals surface area (Å²) in [6.07, 6.45) is 2.26. The van der Waals surface area contributed by atoms with Crippen LogP contribution < -0.4 is 4.90 Å². The number of aromatic nitrogens is 1. The summed E-state index contributed by atoms with van der Waals surface area (Å²) in [6.45, 7) is 0.893. The zero-order valence-corrected chi connectivity index (χ0v) is 17.4. The van der Waals surface area contributed by atoms with Gasteiger partial charge in [0.15, 0.2) is 0 Å². The number of thioether (sulfide) groups is 1. The van der Waals surface area contributed by atoms with Crippen molar-refractivity contribution in [1.29, 1.82) is 0 Å². The topological polar surface area (TPSA) is 53.5 Å². The number of para-hydroxylation sites is 1. The summed E-state index contributed by atoms with van der Waals surface area (Å²) in [7, 11) is 1.79. The Kier molecular flexibility index (Phi) is 5.37. The van der Waals surface area contributed by atoms with E-state index in [1.165, 1.54) is 0 Å². The molecular formula is C21H21N3O2S2. The lowest BCUT2D eigenvalue weighted by molar-refractivity contribution is -0.135. The molecule has 0 unspecified atom stereocenters. The molecule has 4 rings (SSSR count). The largest absolute Gasteiger partial charge is 0.339 e. The van der Waals surface area contributed by atoms with Crippen LogP contribution in [-0.4, -0.2) is 41.5 Å². The van der Waals surface area contributed by atoms with E-state index in [4.69, 9.17) is 0 Å². The molecule has 0 saturated carbocycles. The standard InChI is InChI=1S/C21H21N3O2S2/c1-23(13-19-22-17-8-3-4-9-18(17)28-19)21(26)14-10-20(25)24(12-14)15-6-5-7-16(11-15)27-2/h3-9,11,14H,10,12-13H2,1-2H3/t14-/m1/s1. The van der Waals surface area contributed by atoms with Gasteiger partial charge in [-0.3, -0.25) is 9.59 Å². The molecule has 2 aromatic carbocycles. The van der Waals surface area contributed by atoms with Gasteiger partial charge in [-0.2, -0.15) is 0 Å². The number of carbonyl (C=O) groups excluding carboxylic acids is 2. The monoisotopic (exact) mass is 411 g/mol. The number of thiazole rings is 1. The number of nitrogens with zero attached hydrogens (tertiary/aromatic N) is 3. The van der Waals surface area contributed by atoms with Crippen molar-refractivity contribution in [3.05, 3.63) is 53.5 Å². The third-order valence-corrected chi connectivity index (χ3v) is 6.67. The third kappa shape index (κ3) is 3.77. The summed E-state index contributed by atoms with van der Waals surface area (Å²) in [4.78, 5) is 34.6. The summed E-state index contributed by atoms with van der Waals surface area (Å²) in [5.74, 6) is -0.314. The van der Waals surface area contributed by atoms with E-state index in [0.29, 0.717) is 13.1 Å². The second-order valence-electron chi connectivity index (χ2n) is 6.88. The SMILES string of the molecule is CSc1cccc(N2C[C@H](C(=O)N(C)Cc3nc4ccccc4s3)CC2=O)c1. The minimum Gasteiger partial charge on any atom is -0.339 e. The van der Waals surface area contributed by atoms with E-state index in [1.807, 2.05) is 54.8 Å². The van der Waals surface area contributed by atoms with Crippen molar-refractivity contribution in [2.24, 2.45) is 5.92 Å². The van der Waals surface area contributed by atoms with Gasteiger partial charge in [0.25, 0.3) is 0 Å². The Morgan fingerprint density at radius 1 is 1.29 bits per heavy atom. The van der Waals surface area contributed by atoms with E-state index in [2.05, 4.69) is 4.98 Å². The third-order valence-electron chi connectivity index (χ3n) is 4.93. The molecule has 0 aliphatic carbocycles. The fourth-order valence-corrected chi connectivity index (χ4v) is 4.96. The van der Waals surface area contributed by atoms with E-state index in [-0.39, 0.29) is 24.2 Å². The molecule has 1 aliphatic heterocycles. The number of benzene rings is 2. The van der Waals surface area contributed by atoms with Gasteiger partial charge in [-0.1, -0.05) is 18.2 Å². The maximum atomic E-state index is 12.9. The Morgan fingerprint density at radius 2 is 2.11 bits per heavy atom. The van der Waals surface area contributed by atoms with Gasteiger partial charge in [-0.25, -0.2) is 4.98 Å². The smallest absolute Gasteiger partial charge is 0.228 e. The molecular weight excluding hydrogens is 390 g/mol. The normalized spacial score (nSPS) is 16.7. The Balaban J connectivity index is 1.44. The van der Waals surface area contributed by atoms with Crippen molar-refractivity contribution in [2.75, 3.05) is 24.7 Å². The van der Waals surface area contributed by atoms with Gasteiger partial charge in [0, 0.05) is 30.6 Å². The maximum Gasteiger partial charge on any atom is 0.228 e. The molecule has 5 nitrogen and oxygen atoms in total. The summed E-state index contributed by atoms with van der Waals surface area (Å²) in [5.41, 5.74) is 1.82. The van der Waals surface area contributed by atoms with Crippen LogP contribution in [0.4, 0.5) is 5.69 Å². The van der Waals surface area contributed by atoms with Crippen molar-refractivity contribution in [2.45, 2.75) is 17.9 Å². The Bertz CT molecular complexity index is 1000. The number of anilines is 1. The Morgan fingerprint density at radius 3 is 2.89 bits per heavy atom. The van der Waals surface area contributed by atoms with Crippen molar-refractivity contribution in [3.63, 3.8) is 0 Å². The van der Waals surface area contributed by atoms with E-state index >= 15 is 0 Å². The minimum absolute atomic E-state index is 0.00359. The molecule has 2 amide bonds. The first-order chi connectivity index (χ1) is 13.5. The van der Waals surface area contributed by atoms with Crippen molar-refractivity contribution in [3.8, 4) is 0 Å². The number of hydrogen-bond donors (Lipinski definition) is 0. The second-order valence-corrected chi connectivity index (χ2v) is 8.87. The number of hydrogen-bond acceptors (Lipinski definition) is 5. The predicted molar refractivity (Wildman–Crippen MR) is 115 cm³/mol. The molecule has 1 saturated heterocycles. The summed E-state index contributed by atoms with van der Waals surface area (Å²) in [6, 6.07) is 15.9. The van der Waals surface area contributed by atoms with E-state index in [0.717, 1.165) is 25.8 Å². The number of fused-ring (bicyclic) bond motifs is 1. The van der Waals surface area contributed by atoms with Gasteiger partial charge >= 0.3 is 0 Å². The van der Waals surface area contributed by atoms with E-state index < -0.39 is 0 Å². The highest BCUT2D eigenvalue weighted by atomic mass is 32.2. The van der Waals surface area contributed by atoms with Crippen LogP contribution in [0.15, 0.2) is 53.4 Å². The minimum atomic E-state index is -0.315. The lowest BCUT2D eigenvalue weighted by atomic mass is 10.1. The highest BCUT2D eigenvalue weighted by molar-refractivity contribution is 7.98. The number of amides is 2. The molecule has 28 heavy (non-hydrogen) atoms. The number of rotatable bonds is 5. The van der Waals surface area contributed by atoms with Crippen LogP contribution in [0.1, 0.15) is 11.4 Å². The highest BCUT2D eigenvalue weighted by Crippen LogP contribution is 2.29. The van der Waals surface area contributed by atoms with Gasteiger partial charge in [0.2, 0.25) is 11.8 Å². The Hall–Kier alpha value is -2.38. The van der Waals surface area contributed by atoms with Gasteiger partial charge in [-0.15, -0.1) is 23.1 Å². The molecule has 1 aliphatic rings. The van der Waals surface area contributed by atoms with Crippen LogP contribution in [0.2, 0.25) is 0 Å². The van der Waals surface area contributed by atoms with Crippen molar-refractivity contribution >= 4 is 50.8 Å². The van der Waals surface area contributed by atoms with Crippen LogP contribution in [0.25, 0.3) is 10.2 Å². The van der Waals surface area contributed by atoms with Crippen LogP contribution >= 0.6 is 23.1 Å². The van der Waals surface area contributed by atoms with Crippen LogP contribution in [0.5, 0.6) is 0 Å². The van der Waals surface area contributed by atoms with Crippen LogP contribution in [0, 0.1) is 5.92 Å². The summed E-state index contributed by atoms with van der Waals surface area (Å²) >= 11 is 3.24. The molecule has 0 bridgehead atoms. The van der Waals surface area contributed by atoms with Gasteiger partial charge in [0.1, 0.15) is 5.01 Å². The molecule has 0 spiro atoms. The summed E-state index contributed by atoms with van der Waals surface area (Å²) in [5, 5.41) is 0.908. The van der Waals surface area contributed by atoms with Gasteiger partial charge in [0.05, 0.1) is 22.7 Å². The molecule has 1 aromatic heterocycles. The maximum absolute atomic E-state index is 12.9. The summed E-state index contributed by atoms with van der Waals surface area (Å²) < 4.78 is 1.12. The molecule has 144 valence electrons. The van der Waals surface area contributed by atoms with Gasteiger partial charge in [-0.05, 0) is 36.6 Å². The fraction of sp³-hybridized carbons (Fsp3) is 0.286. The molecule has 7 heteroatoms. The lowest BCUT2D eigenvalue weighted by Crippen LogP contribution is -2.34. The first kappa shape index (κ1) is 19.0. The fourth-order valence-electron chi connectivity index (χ4n) is 3.48. The van der Waals surface area contributed by atoms with E-state index in [9.17, 15) is 9.59 Å². The average molecular weight is 412 g/mol. The van der Waals surface area contributed by atoms with Crippen molar-refractivity contribution in [1.82, 2.24) is 9.88 Å². The Labute approximate surface area is 172 Å². The highest BCUT2D eigenvalue weighted by Gasteiger charge is 2.36. The first-order valence-electron chi connectivity index (χ1n) is 9.09. The predicted octanol–water partition coefficient (Wildman–Crippen LogP) is 4.03. The zero-order chi connectivity index (χ0) is 19.7. The van der Waals surface area contributed by atoms with Crippen molar-refractivity contribution < 1.29 is 9.59 Å². The quantitative estimate of drug-likeness (QED) is 0.595. The average Bonchev–Trinajstić information content (AvgIpc) is 3.30. The molecule has 2 heterocycles. The number of carbonyl (C=O) groups is 2. The zero-order valence-electron chi connectivity index (χ0n) is 15.8. The molecule has 3 aromatic rings. The second kappa shape index (κ2) is 7.93. The molecule has 0 radical (unpaired) electrons. The van der Waals surface area contributed by atoms with Gasteiger partial charge < -0.3 is 9.80 Å². The van der Waals surface area contributed by atoms with E-state index in [1.54, 1.807) is 39.9 Å². The molecule has 1 fully saturated rings. The first-order valence-corrected chi connectivity index (χ1v) is 11.1. The lowest BCUT2D eigenvalue weighted by Gasteiger charge is -2.21.